The molecule has 1 aliphatic rings. The largest absolute Gasteiger partial charge is 0.444 e. The fourth-order valence-corrected chi connectivity index (χ4v) is 4.62. The summed E-state index contributed by atoms with van der Waals surface area (Å²) in [5.74, 6) is 1.47. The van der Waals surface area contributed by atoms with Crippen molar-refractivity contribution in [3.63, 3.8) is 0 Å². The predicted octanol–water partition coefficient (Wildman–Crippen LogP) is 4.82. The highest BCUT2D eigenvalue weighted by Gasteiger charge is 2.37. The Morgan fingerprint density at radius 1 is 1.08 bits per heavy atom. The van der Waals surface area contributed by atoms with Crippen LogP contribution in [0.3, 0.4) is 0 Å². The molecule has 4 rings (SSSR count). The second-order valence-corrected chi connectivity index (χ2v) is 11.6. The molecule has 3 aromatic rings. The molecule has 2 atom stereocenters. The van der Waals surface area contributed by atoms with Crippen molar-refractivity contribution in [2.75, 3.05) is 18.0 Å². The number of aromatic nitrogens is 4. The van der Waals surface area contributed by atoms with E-state index in [1.165, 1.54) is 0 Å². The number of hydrogen-bond acceptors (Lipinski definition) is 7. The van der Waals surface area contributed by atoms with Gasteiger partial charge in [0.25, 0.3) is 0 Å². The van der Waals surface area contributed by atoms with E-state index < -0.39 is 5.60 Å². The molecule has 0 aromatic carbocycles. The van der Waals surface area contributed by atoms with Crippen LogP contribution in [0.15, 0.2) is 30.9 Å². The molecule has 1 saturated heterocycles. The molecule has 4 heterocycles. The van der Waals surface area contributed by atoms with Crippen LogP contribution in [0.5, 0.6) is 0 Å². The van der Waals surface area contributed by atoms with Crippen molar-refractivity contribution in [1.29, 1.82) is 5.26 Å². The first kappa shape index (κ1) is 25.4. The second-order valence-electron chi connectivity index (χ2n) is 11.6. The topological polar surface area (TPSA) is 100 Å². The molecule has 1 amide bonds. The Morgan fingerprint density at radius 2 is 1.81 bits per heavy atom. The molecule has 0 unspecified atom stereocenters. The first-order chi connectivity index (χ1) is 16.8. The molecule has 0 aliphatic carbocycles. The number of carbonyl (C=O) groups is 1. The van der Waals surface area contributed by atoms with Crippen LogP contribution in [0.25, 0.3) is 16.9 Å². The number of amides is 1. The van der Waals surface area contributed by atoms with Crippen molar-refractivity contribution in [1.82, 2.24) is 24.4 Å². The number of hydrogen-bond donors (Lipinski definition) is 0. The van der Waals surface area contributed by atoms with E-state index in [-0.39, 0.29) is 23.6 Å². The lowest BCUT2D eigenvalue weighted by atomic mass is 9.87. The average Bonchev–Trinajstić information content (AvgIpc) is 3.20. The van der Waals surface area contributed by atoms with E-state index in [2.05, 4.69) is 54.8 Å². The smallest absolute Gasteiger partial charge is 0.410 e. The van der Waals surface area contributed by atoms with Gasteiger partial charge in [0.15, 0.2) is 5.65 Å². The van der Waals surface area contributed by atoms with E-state index >= 15 is 0 Å². The second kappa shape index (κ2) is 9.08. The fraction of sp³-hybridized carbons (Fsp3) is 0.519. The number of rotatable bonds is 2. The maximum Gasteiger partial charge on any atom is 0.410 e. The van der Waals surface area contributed by atoms with E-state index in [0.717, 1.165) is 22.4 Å². The highest BCUT2D eigenvalue weighted by Crippen LogP contribution is 2.38. The zero-order valence-corrected chi connectivity index (χ0v) is 22.4. The van der Waals surface area contributed by atoms with Crippen molar-refractivity contribution in [2.45, 2.75) is 78.5 Å². The van der Waals surface area contributed by atoms with E-state index in [9.17, 15) is 10.1 Å². The first-order valence-corrected chi connectivity index (χ1v) is 12.3. The maximum absolute atomic E-state index is 12.8. The summed E-state index contributed by atoms with van der Waals surface area (Å²) < 4.78 is 7.59. The molecule has 0 radical (unpaired) electrons. The summed E-state index contributed by atoms with van der Waals surface area (Å²) in [6, 6.07) is 5.59. The zero-order chi connectivity index (χ0) is 26.4. The van der Waals surface area contributed by atoms with Crippen molar-refractivity contribution in [3.8, 4) is 11.9 Å². The van der Waals surface area contributed by atoms with Gasteiger partial charge in [0.1, 0.15) is 23.6 Å². The Bertz CT molecular complexity index is 1330. The van der Waals surface area contributed by atoms with Gasteiger partial charge in [-0.25, -0.2) is 19.7 Å². The van der Waals surface area contributed by atoms with E-state index in [0.29, 0.717) is 24.5 Å². The third kappa shape index (κ3) is 4.85. The number of piperazine rings is 1. The van der Waals surface area contributed by atoms with E-state index in [1.54, 1.807) is 29.6 Å². The monoisotopic (exact) mass is 489 g/mol. The lowest BCUT2D eigenvalue weighted by Crippen LogP contribution is -2.59. The fourth-order valence-electron chi connectivity index (χ4n) is 4.62. The molecule has 190 valence electrons. The van der Waals surface area contributed by atoms with Gasteiger partial charge in [0, 0.05) is 37.6 Å². The van der Waals surface area contributed by atoms with Gasteiger partial charge in [-0.1, -0.05) is 20.8 Å². The Kier molecular flexibility index (Phi) is 6.41. The van der Waals surface area contributed by atoms with Crippen LogP contribution < -0.4 is 4.90 Å². The highest BCUT2D eigenvalue weighted by atomic mass is 16.6. The summed E-state index contributed by atoms with van der Waals surface area (Å²) in [5, 5.41) is 10.3. The quantitative estimate of drug-likeness (QED) is 0.509. The van der Waals surface area contributed by atoms with Crippen LogP contribution in [0.2, 0.25) is 0 Å². The van der Waals surface area contributed by atoms with Crippen LogP contribution in [0.1, 0.15) is 66.5 Å². The Balaban J connectivity index is 1.79. The summed E-state index contributed by atoms with van der Waals surface area (Å²) in [5.41, 5.74) is 1.63. The van der Waals surface area contributed by atoms with Crippen LogP contribution in [0.4, 0.5) is 10.6 Å². The third-order valence-corrected chi connectivity index (χ3v) is 6.38. The number of anilines is 1. The molecule has 9 heteroatoms. The molecule has 0 spiro atoms. The summed E-state index contributed by atoms with van der Waals surface area (Å²) >= 11 is 0. The minimum atomic E-state index is -0.544. The first-order valence-electron chi connectivity index (χ1n) is 12.3. The van der Waals surface area contributed by atoms with Gasteiger partial charge in [0.2, 0.25) is 0 Å². The number of ether oxygens (including phenoxy) is 1. The van der Waals surface area contributed by atoms with Gasteiger partial charge in [-0.05, 0) is 57.7 Å². The average molecular weight is 490 g/mol. The Morgan fingerprint density at radius 3 is 2.44 bits per heavy atom. The predicted molar refractivity (Wildman–Crippen MR) is 139 cm³/mol. The molecule has 1 fully saturated rings. The number of fused-ring (bicyclic) bond motifs is 1. The summed E-state index contributed by atoms with van der Waals surface area (Å²) in [4.78, 5) is 30.8. The standard InChI is InChI=1S/C27H35N7O2/c1-17-14-33(25(35)36-27(6,7)8)18(2)13-32(17)23-22-20(26(3,4)5)15-34(24(22)31-16-30-23)21-11-19(12-28)9-10-29-21/h9-11,15-18H,13-14H2,1-8H3/t17-,18+/m0/s1. The van der Waals surface area contributed by atoms with Gasteiger partial charge in [-0.3, -0.25) is 4.57 Å². The normalized spacial score (nSPS) is 18.9. The summed E-state index contributed by atoms with van der Waals surface area (Å²) in [6.07, 6.45) is 4.97. The molecule has 1 aliphatic heterocycles. The highest BCUT2D eigenvalue weighted by molar-refractivity contribution is 5.93. The van der Waals surface area contributed by atoms with Crippen molar-refractivity contribution < 1.29 is 9.53 Å². The van der Waals surface area contributed by atoms with E-state index in [1.807, 2.05) is 32.3 Å². The van der Waals surface area contributed by atoms with Crippen molar-refractivity contribution >= 4 is 22.9 Å². The van der Waals surface area contributed by atoms with Crippen LogP contribution in [0, 0.1) is 11.3 Å². The lowest BCUT2D eigenvalue weighted by molar-refractivity contribution is 0.0130. The molecule has 36 heavy (non-hydrogen) atoms. The summed E-state index contributed by atoms with van der Waals surface area (Å²) in [7, 11) is 0. The number of pyridine rings is 1. The third-order valence-electron chi connectivity index (χ3n) is 6.38. The molecular formula is C27H35N7O2. The maximum atomic E-state index is 12.8. The minimum Gasteiger partial charge on any atom is -0.444 e. The van der Waals surface area contributed by atoms with Crippen molar-refractivity contribution in [2.24, 2.45) is 0 Å². The van der Waals surface area contributed by atoms with Gasteiger partial charge in [-0.15, -0.1) is 0 Å². The SMILES string of the molecule is C[C@@H]1CN(c2ncnc3c2c(C(C)(C)C)cn3-c2cc(C#N)ccn2)[C@@H](C)CN1C(=O)OC(C)(C)C. The van der Waals surface area contributed by atoms with Crippen LogP contribution in [-0.2, 0) is 10.2 Å². The summed E-state index contributed by atoms with van der Waals surface area (Å²) in [6.45, 7) is 17.4. The molecule has 0 N–H and O–H groups in total. The Labute approximate surface area is 212 Å². The van der Waals surface area contributed by atoms with Crippen LogP contribution >= 0.6 is 0 Å². The number of nitriles is 1. The molecule has 0 bridgehead atoms. The van der Waals surface area contributed by atoms with Crippen molar-refractivity contribution in [3.05, 3.63) is 42.0 Å². The van der Waals surface area contributed by atoms with Gasteiger partial charge < -0.3 is 14.5 Å². The molecule has 9 nitrogen and oxygen atoms in total. The molecule has 0 saturated carbocycles. The van der Waals surface area contributed by atoms with E-state index in [4.69, 9.17) is 9.72 Å². The van der Waals surface area contributed by atoms with Gasteiger partial charge in [-0.2, -0.15) is 5.26 Å². The zero-order valence-electron chi connectivity index (χ0n) is 22.4. The minimum absolute atomic E-state index is 0.0167. The van der Waals surface area contributed by atoms with Crippen LogP contribution in [-0.4, -0.2) is 61.3 Å². The lowest BCUT2D eigenvalue weighted by Gasteiger charge is -2.45. The molecular weight excluding hydrogens is 454 g/mol. The van der Waals surface area contributed by atoms with Gasteiger partial charge >= 0.3 is 6.09 Å². The number of nitrogens with zero attached hydrogens (tertiary/aromatic N) is 7. The Hall–Kier alpha value is -3.67. The number of carbonyl (C=O) groups excluding carboxylic acids is 1. The molecule has 3 aromatic heterocycles. The van der Waals surface area contributed by atoms with Gasteiger partial charge in [0.05, 0.1) is 17.0 Å².